The van der Waals surface area contributed by atoms with E-state index in [0.29, 0.717) is 36.4 Å². The zero-order valence-corrected chi connectivity index (χ0v) is 14.0. The Hall–Kier alpha value is -2.12. The van der Waals surface area contributed by atoms with Crippen LogP contribution in [0.5, 0.6) is 5.75 Å². The van der Waals surface area contributed by atoms with Gasteiger partial charge in [0.05, 0.1) is 31.4 Å². The fourth-order valence-electron chi connectivity index (χ4n) is 3.25. The van der Waals surface area contributed by atoms with Crippen molar-refractivity contribution in [2.45, 2.75) is 18.6 Å². The second-order valence-corrected chi connectivity index (χ2v) is 5.88. The smallest absolute Gasteiger partial charge is 0.270 e. The summed E-state index contributed by atoms with van der Waals surface area (Å²) in [7, 11) is 4.75. The lowest BCUT2D eigenvalue weighted by Gasteiger charge is -2.23. The van der Waals surface area contributed by atoms with E-state index in [9.17, 15) is 9.18 Å². The molecule has 1 aromatic heterocycles. The molecule has 2 aromatic rings. The predicted octanol–water partition coefficient (Wildman–Crippen LogP) is 2.19. The van der Waals surface area contributed by atoms with Gasteiger partial charge in [-0.3, -0.25) is 4.79 Å². The van der Waals surface area contributed by atoms with E-state index in [1.54, 1.807) is 31.3 Å². The van der Waals surface area contributed by atoms with Crippen LogP contribution in [0.3, 0.4) is 0 Å². The maximum Gasteiger partial charge on any atom is 0.270 e. The average Bonchev–Trinajstić information content (AvgIpc) is 3.20. The second-order valence-electron chi connectivity index (χ2n) is 5.88. The number of hydrogen-bond donors (Lipinski definition) is 1. The molecule has 7 heteroatoms. The van der Waals surface area contributed by atoms with Gasteiger partial charge in [-0.05, 0) is 24.6 Å². The first-order valence-corrected chi connectivity index (χ1v) is 7.77. The van der Waals surface area contributed by atoms with Crippen LogP contribution in [-0.2, 0) is 9.47 Å². The van der Waals surface area contributed by atoms with Crippen molar-refractivity contribution in [3.8, 4) is 5.75 Å². The van der Waals surface area contributed by atoms with Gasteiger partial charge in [0.1, 0.15) is 17.3 Å². The van der Waals surface area contributed by atoms with Crippen LogP contribution in [0.2, 0.25) is 0 Å². The van der Waals surface area contributed by atoms with Gasteiger partial charge in [-0.25, -0.2) is 4.39 Å². The first-order chi connectivity index (χ1) is 11.6. The number of ether oxygens (including phenoxy) is 3. The van der Waals surface area contributed by atoms with Crippen LogP contribution >= 0.6 is 0 Å². The minimum atomic E-state index is -0.422. The SMILES string of the molecule is COC[C@@H]1C[C@H](OC)CN1C(=O)c1cc2c(OC)ccc(F)c2[nH]1. The first kappa shape index (κ1) is 16.7. The number of rotatable bonds is 5. The Bertz CT molecular complexity index is 746. The Labute approximate surface area is 139 Å². The number of hydrogen-bond acceptors (Lipinski definition) is 4. The number of methoxy groups -OCH3 is 3. The highest BCUT2D eigenvalue weighted by Crippen LogP contribution is 2.30. The minimum absolute atomic E-state index is 0.0234. The zero-order valence-electron chi connectivity index (χ0n) is 14.0. The summed E-state index contributed by atoms with van der Waals surface area (Å²) in [4.78, 5) is 17.5. The number of H-pyrrole nitrogens is 1. The summed E-state index contributed by atoms with van der Waals surface area (Å²) in [6, 6.07) is 4.43. The number of carbonyl (C=O) groups excluding carboxylic acids is 1. The Balaban J connectivity index is 1.94. The number of carbonyl (C=O) groups is 1. The number of fused-ring (bicyclic) bond motifs is 1. The molecule has 24 heavy (non-hydrogen) atoms. The number of aromatic nitrogens is 1. The molecule has 1 amide bonds. The topological polar surface area (TPSA) is 63.8 Å². The third-order valence-corrected chi connectivity index (χ3v) is 4.48. The summed E-state index contributed by atoms with van der Waals surface area (Å²) in [6.45, 7) is 0.919. The summed E-state index contributed by atoms with van der Waals surface area (Å²) in [6.07, 6.45) is 0.693. The first-order valence-electron chi connectivity index (χ1n) is 7.77. The van der Waals surface area contributed by atoms with Crippen molar-refractivity contribution in [1.29, 1.82) is 0 Å². The van der Waals surface area contributed by atoms with Crippen molar-refractivity contribution < 1.29 is 23.4 Å². The third kappa shape index (κ3) is 2.85. The van der Waals surface area contributed by atoms with E-state index < -0.39 is 5.82 Å². The molecule has 0 saturated carbocycles. The molecule has 1 aliphatic rings. The van der Waals surface area contributed by atoms with E-state index in [4.69, 9.17) is 14.2 Å². The van der Waals surface area contributed by atoms with Gasteiger partial charge in [-0.15, -0.1) is 0 Å². The van der Waals surface area contributed by atoms with Crippen molar-refractivity contribution in [3.05, 3.63) is 29.7 Å². The highest BCUT2D eigenvalue weighted by molar-refractivity contribution is 6.00. The third-order valence-electron chi connectivity index (χ3n) is 4.48. The maximum atomic E-state index is 14.0. The van der Waals surface area contributed by atoms with Crippen LogP contribution in [0.25, 0.3) is 10.9 Å². The Kier molecular flexibility index (Phi) is 4.73. The van der Waals surface area contributed by atoms with Gasteiger partial charge in [0.15, 0.2) is 0 Å². The van der Waals surface area contributed by atoms with E-state index in [0.717, 1.165) is 0 Å². The number of nitrogens with zero attached hydrogens (tertiary/aromatic N) is 1. The minimum Gasteiger partial charge on any atom is -0.496 e. The molecule has 1 aliphatic heterocycles. The fourth-order valence-corrected chi connectivity index (χ4v) is 3.25. The Morgan fingerprint density at radius 2 is 2.17 bits per heavy atom. The summed E-state index contributed by atoms with van der Waals surface area (Å²) >= 11 is 0. The second kappa shape index (κ2) is 6.78. The molecule has 0 spiro atoms. The molecule has 1 fully saturated rings. The van der Waals surface area contributed by atoms with E-state index in [-0.39, 0.29) is 23.6 Å². The molecule has 6 nitrogen and oxygen atoms in total. The van der Waals surface area contributed by atoms with Gasteiger partial charge in [0.2, 0.25) is 0 Å². The molecule has 2 atom stereocenters. The largest absolute Gasteiger partial charge is 0.496 e. The molecule has 0 unspecified atom stereocenters. The number of aromatic amines is 1. The van der Waals surface area contributed by atoms with Crippen LogP contribution in [0.1, 0.15) is 16.9 Å². The monoisotopic (exact) mass is 336 g/mol. The van der Waals surface area contributed by atoms with Gasteiger partial charge in [-0.2, -0.15) is 0 Å². The van der Waals surface area contributed by atoms with E-state index in [2.05, 4.69) is 4.98 Å². The van der Waals surface area contributed by atoms with E-state index in [1.807, 2.05) is 0 Å². The van der Waals surface area contributed by atoms with Crippen molar-refractivity contribution in [3.63, 3.8) is 0 Å². The summed E-state index contributed by atoms with van der Waals surface area (Å²) in [5.41, 5.74) is 0.592. The Morgan fingerprint density at radius 1 is 1.38 bits per heavy atom. The molecule has 1 aromatic carbocycles. The van der Waals surface area contributed by atoms with E-state index in [1.165, 1.54) is 13.2 Å². The van der Waals surface area contributed by atoms with Crippen molar-refractivity contribution in [1.82, 2.24) is 9.88 Å². The van der Waals surface area contributed by atoms with Crippen molar-refractivity contribution in [2.75, 3.05) is 34.5 Å². The van der Waals surface area contributed by atoms with Crippen LogP contribution < -0.4 is 4.74 Å². The van der Waals surface area contributed by atoms with Crippen LogP contribution in [0, 0.1) is 5.82 Å². The Morgan fingerprint density at radius 3 is 2.83 bits per heavy atom. The number of amides is 1. The van der Waals surface area contributed by atoms with Gasteiger partial charge < -0.3 is 24.1 Å². The molecule has 130 valence electrons. The van der Waals surface area contributed by atoms with E-state index >= 15 is 0 Å². The van der Waals surface area contributed by atoms with Crippen LogP contribution in [0.4, 0.5) is 4.39 Å². The van der Waals surface area contributed by atoms with Gasteiger partial charge in [-0.1, -0.05) is 0 Å². The molecule has 3 rings (SSSR count). The number of nitrogens with one attached hydrogen (secondary N) is 1. The fraction of sp³-hybridized carbons (Fsp3) is 0.471. The quantitative estimate of drug-likeness (QED) is 0.909. The normalized spacial score (nSPS) is 20.8. The van der Waals surface area contributed by atoms with Gasteiger partial charge in [0, 0.05) is 26.2 Å². The molecular formula is C17H21FN2O4. The molecule has 0 aliphatic carbocycles. The molecule has 1 saturated heterocycles. The van der Waals surface area contributed by atoms with Gasteiger partial charge >= 0.3 is 0 Å². The van der Waals surface area contributed by atoms with Crippen molar-refractivity contribution >= 4 is 16.8 Å². The lowest BCUT2D eigenvalue weighted by molar-refractivity contribution is 0.0607. The zero-order chi connectivity index (χ0) is 17.3. The number of halogens is 1. The summed E-state index contributed by atoms with van der Waals surface area (Å²) in [5, 5.41) is 0.548. The molecule has 0 radical (unpaired) electrons. The summed E-state index contributed by atoms with van der Waals surface area (Å²) in [5.74, 6) is -0.102. The average molecular weight is 336 g/mol. The molecule has 0 bridgehead atoms. The molecular weight excluding hydrogens is 315 g/mol. The van der Waals surface area contributed by atoms with Gasteiger partial charge in [0.25, 0.3) is 5.91 Å². The molecule has 2 heterocycles. The summed E-state index contributed by atoms with van der Waals surface area (Å²) < 4.78 is 29.9. The highest BCUT2D eigenvalue weighted by Gasteiger charge is 2.36. The lowest BCUT2D eigenvalue weighted by atomic mass is 10.2. The van der Waals surface area contributed by atoms with Crippen LogP contribution in [0.15, 0.2) is 18.2 Å². The highest BCUT2D eigenvalue weighted by atomic mass is 19.1. The van der Waals surface area contributed by atoms with Crippen LogP contribution in [-0.4, -0.2) is 62.4 Å². The molecule has 1 N–H and O–H groups in total. The predicted molar refractivity (Wildman–Crippen MR) is 86.9 cm³/mol. The maximum absolute atomic E-state index is 14.0. The number of likely N-dealkylation sites (tertiary alicyclic amines) is 1. The number of benzene rings is 1. The van der Waals surface area contributed by atoms with Crippen molar-refractivity contribution in [2.24, 2.45) is 0 Å². The standard InChI is InChI=1S/C17H21FN2O4/c1-22-9-10-6-11(23-2)8-20(10)17(21)14-7-12-15(24-3)5-4-13(18)16(12)19-14/h4-5,7,10-11,19H,6,8-9H2,1-3H3/t10-,11-/m0/s1. The lowest BCUT2D eigenvalue weighted by Crippen LogP contribution is -2.38.